The van der Waals surface area contributed by atoms with Gasteiger partial charge in [0.1, 0.15) is 0 Å². The molecule has 1 heterocycles. The van der Waals surface area contributed by atoms with Gasteiger partial charge in [-0.05, 0) is 0 Å². The summed E-state index contributed by atoms with van der Waals surface area (Å²) >= 11 is 0. The van der Waals surface area contributed by atoms with Crippen LogP contribution in [0.1, 0.15) is 0 Å². The van der Waals surface area contributed by atoms with E-state index in [1.54, 1.807) is 0 Å². The molecule has 1 amide bonds. The van der Waals surface area contributed by atoms with Crippen molar-refractivity contribution < 1.29 is 4.79 Å². The van der Waals surface area contributed by atoms with Crippen molar-refractivity contribution in [2.24, 2.45) is 0 Å². The Morgan fingerprint density at radius 1 is 1.18 bits per heavy atom. The molecular weight excluding hydrogens is 149 g/mol. The zero-order chi connectivity index (χ0) is 8.27. The molecule has 0 saturated carbocycles. The number of carbonyl (C=O) groups excluding carboxylic acids is 1. The van der Waals surface area contributed by atoms with E-state index in [9.17, 15) is 4.79 Å². The second-order valence-electron chi connectivity index (χ2n) is 1.64. The molecule has 1 aromatic heterocycles. The molecule has 1 aromatic rings. The Balaban J connectivity index is 2.98. The molecule has 0 saturated heterocycles. The normalized spacial score (nSPS) is 9.09. The molecule has 0 fully saturated rings. The monoisotopic (exact) mass is 155 g/mol. The van der Waals surface area contributed by atoms with Gasteiger partial charge in [0.05, 0.1) is 0 Å². The first-order valence-electron chi connectivity index (χ1n) is 2.69. The first kappa shape index (κ1) is 7.19. The predicted octanol–water partition coefficient (Wildman–Crippen LogP) is -1.40. The van der Waals surface area contributed by atoms with Crippen LogP contribution in [-0.4, -0.2) is 21.4 Å². The van der Waals surface area contributed by atoms with E-state index in [0.29, 0.717) is 6.41 Å². The van der Waals surface area contributed by atoms with Crippen molar-refractivity contribution in [3.63, 3.8) is 0 Å². The van der Waals surface area contributed by atoms with Gasteiger partial charge in [0, 0.05) is 0 Å². The largest absolute Gasteiger partial charge is 0.368 e. The van der Waals surface area contributed by atoms with Gasteiger partial charge in [-0.15, -0.1) is 0 Å². The zero-order valence-electron chi connectivity index (χ0n) is 5.48. The molecular formula is C4H6N6O. The SMILES string of the molecule is Nc1nc(N)nc(N[13CH]=O)n1. The van der Waals surface area contributed by atoms with Gasteiger partial charge in [0.2, 0.25) is 24.3 Å². The lowest BCUT2D eigenvalue weighted by Crippen LogP contribution is -2.07. The van der Waals surface area contributed by atoms with Crippen LogP contribution >= 0.6 is 0 Å². The molecule has 0 bridgehead atoms. The van der Waals surface area contributed by atoms with E-state index < -0.39 is 0 Å². The van der Waals surface area contributed by atoms with Gasteiger partial charge in [-0.1, -0.05) is 0 Å². The van der Waals surface area contributed by atoms with Crippen molar-refractivity contribution in [2.45, 2.75) is 0 Å². The minimum Gasteiger partial charge on any atom is -0.368 e. The summed E-state index contributed by atoms with van der Waals surface area (Å²) in [4.78, 5) is 20.5. The number of carbonyl (C=O) groups is 1. The van der Waals surface area contributed by atoms with Crippen LogP contribution in [-0.2, 0) is 4.79 Å². The number of anilines is 3. The number of nitrogens with zero attached hydrogens (tertiary/aromatic N) is 3. The number of nitrogen functional groups attached to an aromatic ring is 2. The molecule has 58 valence electrons. The van der Waals surface area contributed by atoms with Crippen molar-refractivity contribution in [1.82, 2.24) is 15.0 Å². The average Bonchev–Trinajstić information content (AvgIpc) is 1.85. The summed E-state index contributed by atoms with van der Waals surface area (Å²) in [5.41, 5.74) is 10.4. The molecule has 0 aromatic carbocycles. The van der Waals surface area contributed by atoms with Crippen LogP contribution in [0.3, 0.4) is 0 Å². The number of nitrogens with one attached hydrogen (secondary N) is 1. The van der Waals surface area contributed by atoms with E-state index in [1.165, 1.54) is 0 Å². The Morgan fingerprint density at radius 3 is 2.18 bits per heavy atom. The second kappa shape index (κ2) is 2.78. The van der Waals surface area contributed by atoms with Gasteiger partial charge in [-0.2, -0.15) is 15.0 Å². The lowest BCUT2D eigenvalue weighted by Gasteiger charge is -1.97. The Morgan fingerprint density at radius 2 is 1.73 bits per heavy atom. The van der Waals surface area contributed by atoms with Crippen LogP contribution < -0.4 is 16.8 Å². The molecule has 7 heteroatoms. The number of nitrogens with two attached hydrogens (primary N) is 2. The molecule has 0 aliphatic rings. The molecule has 0 aliphatic heterocycles. The second-order valence-corrected chi connectivity index (χ2v) is 1.64. The third-order valence-electron chi connectivity index (χ3n) is 0.858. The van der Waals surface area contributed by atoms with Crippen LogP contribution in [0.2, 0.25) is 0 Å². The van der Waals surface area contributed by atoms with Crippen molar-refractivity contribution in [1.29, 1.82) is 0 Å². The van der Waals surface area contributed by atoms with Gasteiger partial charge >= 0.3 is 0 Å². The highest BCUT2D eigenvalue weighted by atomic mass is 16.2. The van der Waals surface area contributed by atoms with Crippen molar-refractivity contribution in [2.75, 3.05) is 16.8 Å². The molecule has 0 radical (unpaired) electrons. The Kier molecular flexibility index (Phi) is 1.81. The molecule has 0 aliphatic carbocycles. The van der Waals surface area contributed by atoms with E-state index in [1.807, 2.05) is 0 Å². The first-order chi connectivity index (χ1) is 5.22. The van der Waals surface area contributed by atoms with Crippen LogP contribution in [0.4, 0.5) is 17.8 Å². The molecule has 7 nitrogen and oxygen atoms in total. The maximum atomic E-state index is 9.90. The van der Waals surface area contributed by atoms with Crippen molar-refractivity contribution in [3.05, 3.63) is 0 Å². The van der Waals surface area contributed by atoms with Crippen LogP contribution in [0, 0.1) is 0 Å². The quantitative estimate of drug-likeness (QED) is 0.357. The maximum Gasteiger partial charge on any atom is 0.235 e. The van der Waals surface area contributed by atoms with E-state index >= 15 is 0 Å². The van der Waals surface area contributed by atoms with Crippen LogP contribution in [0.15, 0.2) is 0 Å². The highest BCUT2D eigenvalue weighted by Gasteiger charge is 1.98. The Hall–Kier alpha value is -1.92. The molecule has 11 heavy (non-hydrogen) atoms. The molecule has 0 spiro atoms. The standard InChI is InChI=1S/C4H6N6O/c5-2-8-3(6)10-4(9-2)7-1-11/h1H,(H5,5,6,7,8,9,10,11)/i1+1. The summed E-state index contributed by atoms with van der Waals surface area (Å²) in [7, 11) is 0. The number of hydrogen-bond acceptors (Lipinski definition) is 6. The lowest BCUT2D eigenvalue weighted by molar-refractivity contribution is -0.105. The fourth-order valence-corrected chi connectivity index (χ4v) is 0.527. The van der Waals surface area contributed by atoms with E-state index in [0.717, 1.165) is 0 Å². The zero-order valence-corrected chi connectivity index (χ0v) is 5.48. The minimum atomic E-state index is -0.0261. The van der Waals surface area contributed by atoms with E-state index in [4.69, 9.17) is 11.5 Å². The summed E-state index contributed by atoms with van der Waals surface area (Å²) in [5.74, 6) is -0.00583. The Bertz CT molecular complexity index is 253. The van der Waals surface area contributed by atoms with Gasteiger partial charge in [0.15, 0.2) is 0 Å². The van der Waals surface area contributed by atoms with Gasteiger partial charge in [-0.3, -0.25) is 10.1 Å². The fourth-order valence-electron chi connectivity index (χ4n) is 0.527. The van der Waals surface area contributed by atoms with Gasteiger partial charge in [-0.25, -0.2) is 0 Å². The highest BCUT2D eigenvalue weighted by Crippen LogP contribution is 2.01. The van der Waals surface area contributed by atoms with E-state index in [2.05, 4.69) is 20.3 Å². The summed E-state index contributed by atoms with van der Waals surface area (Å²) in [5, 5.41) is 2.19. The molecule has 0 atom stereocenters. The summed E-state index contributed by atoms with van der Waals surface area (Å²) < 4.78 is 0. The van der Waals surface area contributed by atoms with E-state index in [-0.39, 0.29) is 17.8 Å². The molecule has 0 unspecified atom stereocenters. The summed E-state index contributed by atoms with van der Waals surface area (Å²) in [6.45, 7) is 0. The van der Waals surface area contributed by atoms with Crippen LogP contribution in [0.25, 0.3) is 0 Å². The topological polar surface area (TPSA) is 120 Å². The van der Waals surface area contributed by atoms with Crippen molar-refractivity contribution >= 4 is 24.3 Å². The third kappa shape index (κ3) is 1.75. The van der Waals surface area contributed by atoms with Gasteiger partial charge < -0.3 is 11.5 Å². The highest BCUT2D eigenvalue weighted by molar-refractivity contribution is 5.67. The summed E-state index contributed by atoms with van der Waals surface area (Å²) in [6, 6.07) is 0. The summed E-state index contributed by atoms with van der Waals surface area (Å²) in [6.07, 6.45) is 0.425. The smallest absolute Gasteiger partial charge is 0.235 e. The number of hydrogen-bond donors (Lipinski definition) is 3. The number of aromatic nitrogens is 3. The predicted molar refractivity (Wildman–Crippen MR) is 38.3 cm³/mol. The average molecular weight is 155 g/mol. The van der Waals surface area contributed by atoms with Gasteiger partial charge in [0.25, 0.3) is 0 Å². The van der Waals surface area contributed by atoms with Crippen molar-refractivity contribution in [3.8, 4) is 0 Å². The third-order valence-corrected chi connectivity index (χ3v) is 0.858. The minimum absolute atomic E-state index is 0.0261. The lowest BCUT2D eigenvalue weighted by atomic mass is 10.8. The number of rotatable bonds is 2. The first-order valence-corrected chi connectivity index (χ1v) is 2.69. The molecule has 1 rings (SSSR count). The molecule has 5 N–H and O–H groups in total. The maximum absolute atomic E-state index is 9.90. The van der Waals surface area contributed by atoms with Crippen LogP contribution in [0.5, 0.6) is 0 Å². The Labute approximate surface area is 61.8 Å². The fraction of sp³-hybridized carbons (Fsp3) is 0. The number of amides is 1.